The van der Waals surface area contributed by atoms with Crippen LogP contribution in [0.15, 0.2) is 11.6 Å². The molecule has 8 rings (SSSR count). The van der Waals surface area contributed by atoms with Gasteiger partial charge < -0.3 is 5.11 Å². The van der Waals surface area contributed by atoms with Crippen LogP contribution >= 0.6 is 0 Å². The van der Waals surface area contributed by atoms with Crippen LogP contribution in [0.4, 0.5) is 0 Å². The summed E-state index contributed by atoms with van der Waals surface area (Å²) in [5.74, 6) is 7.99. The lowest BCUT2D eigenvalue weighted by molar-refractivity contribution is -0.0698. The average molecular weight is 465 g/mol. The highest BCUT2D eigenvalue weighted by atomic mass is 16.3. The molecular weight excluding hydrogens is 412 g/mol. The molecule has 0 spiro atoms. The minimum Gasteiger partial charge on any atom is -0.393 e. The zero-order chi connectivity index (χ0) is 23.3. The van der Waals surface area contributed by atoms with E-state index in [9.17, 15) is 5.11 Å². The second-order valence-electron chi connectivity index (χ2n) is 15.8. The maximum absolute atomic E-state index is 10.3. The van der Waals surface area contributed by atoms with Gasteiger partial charge in [0.05, 0.1) is 6.10 Å². The Morgan fingerprint density at radius 1 is 0.912 bits per heavy atom. The minimum atomic E-state index is -0.0737. The normalized spacial score (nSPS) is 56.4. The predicted molar refractivity (Wildman–Crippen MR) is 140 cm³/mol. The molecule has 34 heavy (non-hydrogen) atoms. The number of aliphatic hydroxyl groups excluding tert-OH is 1. The molecule has 1 N–H and O–H groups in total. The maximum atomic E-state index is 10.3. The van der Waals surface area contributed by atoms with E-state index in [0.717, 1.165) is 65.6 Å². The number of hydrogen-bond donors (Lipinski definition) is 1. The summed E-state index contributed by atoms with van der Waals surface area (Å²) in [6, 6.07) is 0. The van der Waals surface area contributed by atoms with Crippen molar-refractivity contribution in [2.45, 2.75) is 130 Å². The van der Waals surface area contributed by atoms with Gasteiger partial charge >= 0.3 is 0 Å². The Kier molecular flexibility index (Phi) is 5.28. The lowest BCUT2D eigenvalue weighted by atomic mass is 9.46. The fraction of sp³-hybridized carbons (Fsp3) is 0.939. The SMILES string of the molecule is C[C@H](CCC12CC3CC(CC(C3)C1)C2)[C@H]1CC[C@H]2[C@@H]3CC=C4C[C@@H](O)CC[C@]4(C)[C@H]3CC[C@]12C. The highest BCUT2D eigenvalue weighted by Crippen LogP contribution is 2.68. The summed E-state index contributed by atoms with van der Waals surface area (Å²) >= 11 is 0. The second kappa shape index (κ2) is 7.85. The van der Waals surface area contributed by atoms with Gasteiger partial charge in [-0.15, -0.1) is 0 Å². The molecule has 0 aromatic heterocycles. The minimum absolute atomic E-state index is 0.0737. The number of rotatable bonds is 4. The van der Waals surface area contributed by atoms with Gasteiger partial charge in [-0.25, -0.2) is 0 Å². The first-order chi connectivity index (χ1) is 16.3. The summed E-state index contributed by atoms with van der Waals surface area (Å²) in [6.07, 6.45) is 25.7. The van der Waals surface area contributed by atoms with Crippen LogP contribution in [0.3, 0.4) is 0 Å². The summed E-state index contributed by atoms with van der Waals surface area (Å²) in [4.78, 5) is 0. The van der Waals surface area contributed by atoms with Gasteiger partial charge in [0.15, 0.2) is 0 Å². The van der Waals surface area contributed by atoms with E-state index in [2.05, 4.69) is 26.8 Å². The molecule has 8 aliphatic carbocycles. The Balaban J connectivity index is 1.05. The van der Waals surface area contributed by atoms with E-state index in [-0.39, 0.29) is 6.10 Å². The zero-order valence-electron chi connectivity index (χ0n) is 22.5. The van der Waals surface area contributed by atoms with Crippen molar-refractivity contribution in [1.82, 2.24) is 0 Å². The summed E-state index contributed by atoms with van der Waals surface area (Å²) in [6.45, 7) is 8.01. The van der Waals surface area contributed by atoms with Gasteiger partial charge in [0, 0.05) is 0 Å². The number of aliphatic hydroxyl groups is 1. The zero-order valence-corrected chi connectivity index (χ0v) is 22.5. The van der Waals surface area contributed by atoms with Crippen molar-refractivity contribution in [3.8, 4) is 0 Å². The second-order valence-corrected chi connectivity index (χ2v) is 15.8. The average Bonchev–Trinajstić information content (AvgIpc) is 3.14. The van der Waals surface area contributed by atoms with Crippen molar-refractivity contribution in [2.75, 3.05) is 0 Å². The molecule has 7 saturated carbocycles. The van der Waals surface area contributed by atoms with E-state index in [1.165, 1.54) is 44.9 Å². The molecule has 0 unspecified atom stereocenters. The van der Waals surface area contributed by atoms with E-state index in [4.69, 9.17) is 0 Å². The van der Waals surface area contributed by atoms with Crippen LogP contribution in [0.25, 0.3) is 0 Å². The standard InChI is InChI=1S/C33H52O/c1-21(8-13-33-18-22-14-23(19-33)16-24(15-22)20-33)28-6-7-29-27-5-4-25-17-26(34)9-11-31(25,2)30(27)10-12-32(28,29)3/h4,21-24,26-30,34H,5-20H2,1-3H3/t21-,22?,23?,24?,26+,27+,28-,29+,30+,31+,32-,33?/m1/s1. The largest absolute Gasteiger partial charge is 0.393 e. The quantitative estimate of drug-likeness (QED) is 0.413. The Hall–Kier alpha value is -0.300. The fourth-order valence-corrected chi connectivity index (χ4v) is 12.9. The first-order valence-electron chi connectivity index (χ1n) is 15.7. The third-order valence-electron chi connectivity index (χ3n) is 14.1. The van der Waals surface area contributed by atoms with E-state index in [1.807, 2.05) is 0 Å². The van der Waals surface area contributed by atoms with Crippen molar-refractivity contribution in [3.05, 3.63) is 11.6 Å². The molecule has 0 aromatic rings. The Morgan fingerprint density at radius 3 is 2.32 bits per heavy atom. The topological polar surface area (TPSA) is 20.2 Å². The number of allylic oxidation sites excluding steroid dienone is 1. The van der Waals surface area contributed by atoms with Crippen LogP contribution in [0.5, 0.6) is 0 Å². The van der Waals surface area contributed by atoms with Crippen LogP contribution in [-0.4, -0.2) is 11.2 Å². The number of fused-ring (bicyclic) bond motifs is 5. The van der Waals surface area contributed by atoms with Gasteiger partial charge in [-0.2, -0.15) is 0 Å². The molecular formula is C33H52O. The van der Waals surface area contributed by atoms with Gasteiger partial charge in [0.25, 0.3) is 0 Å². The Bertz CT molecular complexity index is 804. The van der Waals surface area contributed by atoms with E-state index in [0.29, 0.717) is 10.8 Å². The van der Waals surface area contributed by atoms with Crippen molar-refractivity contribution in [2.24, 2.45) is 63.6 Å². The third-order valence-corrected chi connectivity index (χ3v) is 14.1. The monoisotopic (exact) mass is 464 g/mol. The molecule has 8 atom stereocenters. The third kappa shape index (κ3) is 3.33. The van der Waals surface area contributed by atoms with E-state index in [1.54, 1.807) is 50.5 Å². The van der Waals surface area contributed by atoms with Crippen molar-refractivity contribution in [1.29, 1.82) is 0 Å². The van der Waals surface area contributed by atoms with E-state index >= 15 is 0 Å². The Labute approximate surface area is 209 Å². The number of hydrogen-bond acceptors (Lipinski definition) is 1. The van der Waals surface area contributed by atoms with Crippen LogP contribution in [0.1, 0.15) is 124 Å². The highest BCUT2D eigenvalue weighted by molar-refractivity contribution is 5.25. The molecule has 0 heterocycles. The van der Waals surface area contributed by atoms with Gasteiger partial charge in [-0.3, -0.25) is 0 Å². The molecule has 1 nitrogen and oxygen atoms in total. The molecule has 4 bridgehead atoms. The molecule has 0 amide bonds. The van der Waals surface area contributed by atoms with Gasteiger partial charge in [-0.05, 0) is 166 Å². The summed E-state index contributed by atoms with van der Waals surface area (Å²) < 4.78 is 0. The van der Waals surface area contributed by atoms with Crippen LogP contribution in [-0.2, 0) is 0 Å². The summed E-state index contributed by atoms with van der Waals surface area (Å²) in [7, 11) is 0. The summed E-state index contributed by atoms with van der Waals surface area (Å²) in [5, 5.41) is 10.3. The highest BCUT2D eigenvalue weighted by Gasteiger charge is 2.59. The first kappa shape index (κ1) is 22.9. The Morgan fingerprint density at radius 2 is 1.62 bits per heavy atom. The molecule has 0 radical (unpaired) electrons. The van der Waals surface area contributed by atoms with Crippen LogP contribution in [0.2, 0.25) is 0 Å². The van der Waals surface area contributed by atoms with Crippen LogP contribution < -0.4 is 0 Å². The van der Waals surface area contributed by atoms with Crippen molar-refractivity contribution in [3.63, 3.8) is 0 Å². The van der Waals surface area contributed by atoms with Crippen LogP contribution in [0, 0.1) is 63.6 Å². The molecule has 7 fully saturated rings. The molecule has 0 aliphatic heterocycles. The van der Waals surface area contributed by atoms with Crippen molar-refractivity contribution < 1.29 is 5.11 Å². The lowest BCUT2D eigenvalue weighted by Crippen LogP contribution is -2.51. The van der Waals surface area contributed by atoms with Gasteiger partial charge in [0.1, 0.15) is 0 Å². The molecule has 1 heteroatoms. The van der Waals surface area contributed by atoms with E-state index < -0.39 is 0 Å². The van der Waals surface area contributed by atoms with Crippen molar-refractivity contribution >= 4 is 0 Å². The first-order valence-corrected chi connectivity index (χ1v) is 15.7. The van der Waals surface area contributed by atoms with Gasteiger partial charge in [-0.1, -0.05) is 32.4 Å². The summed E-state index contributed by atoms with van der Waals surface area (Å²) in [5.41, 5.74) is 3.39. The molecule has 0 saturated heterocycles. The predicted octanol–water partition coefficient (Wildman–Crippen LogP) is 8.56. The smallest absolute Gasteiger partial charge is 0.0577 e. The maximum Gasteiger partial charge on any atom is 0.0577 e. The molecule has 8 aliphatic rings. The fourth-order valence-electron chi connectivity index (χ4n) is 12.9. The molecule has 190 valence electrons. The molecule has 0 aromatic carbocycles. The lowest BCUT2D eigenvalue weighted by Gasteiger charge is -2.59. The van der Waals surface area contributed by atoms with Gasteiger partial charge in [0.2, 0.25) is 0 Å².